The van der Waals surface area contributed by atoms with Crippen molar-refractivity contribution in [1.82, 2.24) is 5.32 Å². The van der Waals surface area contributed by atoms with Crippen LogP contribution in [-0.2, 0) is 11.3 Å². The predicted molar refractivity (Wildman–Crippen MR) is 82.2 cm³/mol. The smallest absolute Gasteiger partial charge is 0.258 e. The minimum Gasteiger partial charge on any atom is -0.493 e. The van der Waals surface area contributed by atoms with E-state index in [1.807, 2.05) is 30.3 Å². The van der Waals surface area contributed by atoms with E-state index in [-0.39, 0.29) is 12.5 Å². The van der Waals surface area contributed by atoms with Gasteiger partial charge in [-0.15, -0.1) is 0 Å². The lowest BCUT2D eigenvalue weighted by molar-refractivity contribution is -0.123. The van der Waals surface area contributed by atoms with Gasteiger partial charge in [-0.05, 0) is 23.8 Å². The van der Waals surface area contributed by atoms with Crippen LogP contribution in [0.2, 0.25) is 0 Å². The first-order chi connectivity index (χ1) is 10.7. The average molecular weight is 299 g/mol. The van der Waals surface area contributed by atoms with Crippen LogP contribution in [0.1, 0.15) is 15.9 Å². The molecule has 0 atom stereocenters. The van der Waals surface area contributed by atoms with Crippen LogP contribution >= 0.6 is 0 Å². The largest absolute Gasteiger partial charge is 0.493 e. The molecule has 22 heavy (non-hydrogen) atoms. The molecule has 0 spiro atoms. The summed E-state index contributed by atoms with van der Waals surface area (Å²) in [4.78, 5) is 22.6. The number of carbonyl (C=O) groups excluding carboxylic acids is 2. The molecule has 0 radical (unpaired) electrons. The fraction of sp³-hybridized carbons (Fsp3) is 0.176. The maximum atomic E-state index is 11.8. The normalized spacial score (nSPS) is 9.86. The summed E-state index contributed by atoms with van der Waals surface area (Å²) in [6.07, 6.45) is 0.710. The second kappa shape index (κ2) is 7.83. The highest BCUT2D eigenvalue weighted by Gasteiger charge is 2.08. The number of rotatable bonds is 7. The maximum Gasteiger partial charge on any atom is 0.258 e. The summed E-state index contributed by atoms with van der Waals surface area (Å²) in [6.45, 7) is 0.292. The number of methoxy groups -OCH3 is 1. The van der Waals surface area contributed by atoms with Crippen molar-refractivity contribution in [1.29, 1.82) is 0 Å². The number of hydrogen-bond donors (Lipinski definition) is 1. The Morgan fingerprint density at radius 3 is 2.59 bits per heavy atom. The van der Waals surface area contributed by atoms with Crippen LogP contribution in [0.3, 0.4) is 0 Å². The lowest BCUT2D eigenvalue weighted by Gasteiger charge is -2.11. The van der Waals surface area contributed by atoms with E-state index in [2.05, 4.69) is 5.32 Å². The second-order valence-corrected chi connectivity index (χ2v) is 4.58. The lowest BCUT2D eigenvalue weighted by atomic mass is 10.2. The Kier molecular flexibility index (Phi) is 5.54. The Labute approximate surface area is 128 Å². The zero-order valence-corrected chi connectivity index (χ0v) is 12.2. The molecule has 114 valence electrons. The van der Waals surface area contributed by atoms with Gasteiger partial charge in [-0.25, -0.2) is 0 Å². The van der Waals surface area contributed by atoms with Gasteiger partial charge in [-0.1, -0.05) is 30.3 Å². The highest BCUT2D eigenvalue weighted by atomic mass is 16.5. The molecule has 0 saturated heterocycles. The van der Waals surface area contributed by atoms with Crippen molar-refractivity contribution < 1.29 is 19.1 Å². The Balaban J connectivity index is 1.89. The fourth-order valence-corrected chi connectivity index (χ4v) is 1.87. The van der Waals surface area contributed by atoms with Gasteiger partial charge in [0.1, 0.15) is 6.29 Å². The number of benzene rings is 2. The summed E-state index contributed by atoms with van der Waals surface area (Å²) in [6, 6.07) is 14.4. The standard InChI is InChI=1S/C17H17NO4/c1-21-15-8-7-14(11-19)9-16(15)22-12-17(20)18-10-13-5-3-2-4-6-13/h2-9,11H,10,12H2,1H3,(H,18,20). The predicted octanol–water partition coefficient (Wildman–Crippen LogP) is 2.20. The van der Waals surface area contributed by atoms with E-state index in [4.69, 9.17) is 9.47 Å². The van der Waals surface area contributed by atoms with E-state index in [1.165, 1.54) is 13.2 Å². The van der Waals surface area contributed by atoms with E-state index in [1.54, 1.807) is 12.1 Å². The monoisotopic (exact) mass is 299 g/mol. The first kappa shape index (κ1) is 15.6. The van der Waals surface area contributed by atoms with Crippen LogP contribution < -0.4 is 14.8 Å². The average Bonchev–Trinajstić information content (AvgIpc) is 2.58. The molecule has 1 amide bonds. The number of amides is 1. The lowest BCUT2D eigenvalue weighted by Crippen LogP contribution is -2.28. The molecular formula is C17H17NO4. The Morgan fingerprint density at radius 1 is 1.14 bits per heavy atom. The topological polar surface area (TPSA) is 64.6 Å². The highest BCUT2D eigenvalue weighted by molar-refractivity contribution is 5.78. The Hall–Kier alpha value is -2.82. The molecule has 5 nitrogen and oxygen atoms in total. The molecule has 0 bridgehead atoms. The molecule has 0 unspecified atom stereocenters. The van der Waals surface area contributed by atoms with Crippen LogP contribution in [0, 0.1) is 0 Å². The molecule has 2 rings (SSSR count). The van der Waals surface area contributed by atoms with Gasteiger partial charge in [0.05, 0.1) is 7.11 Å². The quantitative estimate of drug-likeness (QED) is 0.796. The number of nitrogens with one attached hydrogen (secondary N) is 1. The maximum absolute atomic E-state index is 11.8. The van der Waals surface area contributed by atoms with E-state index < -0.39 is 0 Å². The van der Waals surface area contributed by atoms with Gasteiger partial charge in [-0.3, -0.25) is 9.59 Å². The molecule has 0 aliphatic rings. The molecule has 1 N–H and O–H groups in total. The van der Waals surface area contributed by atoms with Crippen molar-refractivity contribution in [2.75, 3.05) is 13.7 Å². The number of ether oxygens (including phenoxy) is 2. The number of hydrogen-bond acceptors (Lipinski definition) is 4. The summed E-state index contributed by atoms with van der Waals surface area (Å²) >= 11 is 0. The first-order valence-corrected chi connectivity index (χ1v) is 6.79. The van der Waals surface area contributed by atoms with Crippen LogP contribution in [0.5, 0.6) is 11.5 Å². The molecule has 0 aliphatic carbocycles. The number of aldehydes is 1. The number of carbonyl (C=O) groups is 2. The fourth-order valence-electron chi connectivity index (χ4n) is 1.87. The van der Waals surface area contributed by atoms with Crippen molar-refractivity contribution in [3.63, 3.8) is 0 Å². The third-order valence-electron chi connectivity index (χ3n) is 3.02. The second-order valence-electron chi connectivity index (χ2n) is 4.58. The van der Waals surface area contributed by atoms with Crippen molar-refractivity contribution >= 4 is 12.2 Å². The van der Waals surface area contributed by atoms with Crippen molar-refractivity contribution in [2.45, 2.75) is 6.54 Å². The molecular weight excluding hydrogens is 282 g/mol. The summed E-state index contributed by atoms with van der Waals surface area (Å²) < 4.78 is 10.6. The van der Waals surface area contributed by atoms with Crippen LogP contribution in [0.4, 0.5) is 0 Å². The molecule has 2 aromatic carbocycles. The Morgan fingerprint density at radius 2 is 1.91 bits per heavy atom. The van der Waals surface area contributed by atoms with E-state index in [0.29, 0.717) is 29.9 Å². The summed E-state index contributed by atoms with van der Waals surface area (Å²) in [7, 11) is 1.50. The van der Waals surface area contributed by atoms with Gasteiger partial charge >= 0.3 is 0 Å². The first-order valence-electron chi connectivity index (χ1n) is 6.79. The van der Waals surface area contributed by atoms with Crippen LogP contribution in [-0.4, -0.2) is 25.9 Å². The van der Waals surface area contributed by atoms with Gasteiger partial charge in [0.25, 0.3) is 5.91 Å². The highest BCUT2D eigenvalue weighted by Crippen LogP contribution is 2.27. The van der Waals surface area contributed by atoms with E-state index in [9.17, 15) is 9.59 Å². The summed E-state index contributed by atoms with van der Waals surface area (Å²) in [5.41, 5.74) is 1.47. The SMILES string of the molecule is COc1ccc(C=O)cc1OCC(=O)NCc1ccccc1. The minimum absolute atomic E-state index is 0.147. The third kappa shape index (κ3) is 4.34. The van der Waals surface area contributed by atoms with Gasteiger partial charge < -0.3 is 14.8 Å². The molecule has 0 heterocycles. The van der Waals surface area contributed by atoms with Gasteiger partial charge in [0, 0.05) is 12.1 Å². The van der Waals surface area contributed by atoms with Crippen LogP contribution in [0.25, 0.3) is 0 Å². The summed E-state index contributed by atoms with van der Waals surface area (Å²) in [5, 5.41) is 2.76. The zero-order chi connectivity index (χ0) is 15.8. The third-order valence-corrected chi connectivity index (χ3v) is 3.02. The molecule has 5 heteroatoms. The van der Waals surface area contributed by atoms with Gasteiger partial charge in [-0.2, -0.15) is 0 Å². The van der Waals surface area contributed by atoms with E-state index in [0.717, 1.165) is 5.56 Å². The van der Waals surface area contributed by atoms with Crippen LogP contribution in [0.15, 0.2) is 48.5 Å². The molecule has 2 aromatic rings. The van der Waals surface area contributed by atoms with Gasteiger partial charge in [0.15, 0.2) is 18.1 Å². The molecule has 0 saturated carbocycles. The molecule has 0 fully saturated rings. The summed E-state index contributed by atoms with van der Waals surface area (Å²) in [5.74, 6) is 0.589. The minimum atomic E-state index is -0.248. The van der Waals surface area contributed by atoms with Crippen molar-refractivity contribution in [3.8, 4) is 11.5 Å². The van der Waals surface area contributed by atoms with Crippen molar-refractivity contribution in [2.24, 2.45) is 0 Å². The van der Waals surface area contributed by atoms with E-state index >= 15 is 0 Å². The zero-order valence-electron chi connectivity index (χ0n) is 12.2. The van der Waals surface area contributed by atoms with Gasteiger partial charge in [0.2, 0.25) is 0 Å². The Bertz CT molecular complexity index is 640. The molecule has 0 aromatic heterocycles. The van der Waals surface area contributed by atoms with Crippen molar-refractivity contribution in [3.05, 3.63) is 59.7 Å². The molecule has 0 aliphatic heterocycles.